The van der Waals surface area contributed by atoms with E-state index in [4.69, 9.17) is 4.74 Å². The molecule has 3 heteroatoms. The summed E-state index contributed by atoms with van der Waals surface area (Å²) in [7, 11) is 1.78. The zero-order valence-corrected chi connectivity index (χ0v) is 8.63. The maximum absolute atomic E-state index is 11.4. The van der Waals surface area contributed by atoms with Gasteiger partial charge in [0.1, 0.15) is 5.75 Å². The topological polar surface area (TPSA) is 29.5 Å². The molecule has 1 aromatic carbocycles. The van der Waals surface area contributed by atoms with E-state index in [2.05, 4.69) is 6.07 Å². The number of likely N-dealkylation sites (N-methyl/N-ethyl adjacent to an activating group) is 1. The van der Waals surface area contributed by atoms with Gasteiger partial charge in [-0.2, -0.15) is 0 Å². The smallest absolute Gasteiger partial charge is 0.264 e. The number of ether oxygens (including phenoxy) is 1. The molecule has 1 aliphatic rings. The second kappa shape index (κ2) is 3.01. The Kier molecular flexibility index (Phi) is 1.95. The van der Waals surface area contributed by atoms with Crippen LogP contribution in [-0.2, 0) is 4.79 Å². The van der Waals surface area contributed by atoms with E-state index in [1.54, 1.807) is 11.9 Å². The average Bonchev–Trinajstić information content (AvgIpc) is 2.10. The van der Waals surface area contributed by atoms with Gasteiger partial charge in [-0.3, -0.25) is 4.79 Å². The van der Waals surface area contributed by atoms with Crippen molar-refractivity contribution in [2.75, 3.05) is 18.6 Å². The van der Waals surface area contributed by atoms with Crippen LogP contribution < -0.4 is 9.64 Å². The summed E-state index contributed by atoms with van der Waals surface area (Å²) in [4.78, 5) is 13.1. The molecule has 0 N–H and O–H groups in total. The minimum atomic E-state index is 0.00412. The van der Waals surface area contributed by atoms with E-state index in [0.29, 0.717) is 0 Å². The van der Waals surface area contributed by atoms with Gasteiger partial charge in [0.2, 0.25) is 0 Å². The molecule has 3 nitrogen and oxygen atoms in total. The molecule has 1 aliphatic heterocycles. The number of hydrogen-bond donors (Lipinski definition) is 0. The minimum absolute atomic E-state index is 0.00412. The fourth-order valence-corrected chi connectivity index (χ4v) is 1.82. The number of hydrogen-bond acceptors (Lipinski definition) is 2. The maximum Gasteiger partial charge on any atom is 0.264 e. The monoisotopic (exact) mass is 191 g/mol. The van der Waals surface area contributed by atoms with E-state index in [0.717, 1.165) is 22.6 Å². The van der Waals surface area contributed by atoms with Crippen molar-refractivity contribution in [3.8, 4) is 5.75 Å². The Labute approximate surface area is 83.3 Å². The molecular formula is C11H13NO2. The van der Waals surface area contributed by atoms with Gasteiger partial charge in [-0.25, -0.2) is 0 Å². The predicted octanol–water partition coefficient (Wildman–Crippen LogP) is 1.66. The Morgan fingerprint density at radius 2 is 2.07 bits per heavy atom. The first-order valence-electron chi connectivity index (χ1n) is 4.60. The third-order valence-electron chi connectivity index (χ3n) is 2.47. The third kappa shape index (κ3) is 1.25. The van der Waals surface area contributed by atoms with Crippen LogP contribution in [0.25, 0.3) is 0 Å². The van der Waals surface area contributed by atoms with Gasteiger partial charge in [-0.05, 0) is 31.0 Å². The first-order valence-corrected chi connectivity index (χ1v) is 4.60. The molecule has 0 bridgehead atoms. The summed E-state index contributed by atoms with van der Waals surface area (Å²) >= 11 is 0. The van der Waals surface area contributed by atoms with E-state index < -0.39 is 0 Å². The zero-order valence-electron chi connectivity index (χ0n) is 8.63. The van der Waals surface area contributed by atoms with Crippen molar-refractivity contribution in [3.63, 3.8) is 0 Å². The van der Waals surface area contributed by atoms with Gasteiger partial charge in [0.25, 0.3) is 5.91 Å². The number of aryl methyl sites for hydroxylation is 2. The molecule has 1 amide bonds. The number of carbonyl (C=O) groups excluding carboxylic acids is 1. The Balaban J connectivity index is 2.60. The van der Waals surface area contributed by atoms with Crippen LogP contribution in [0.5, 0.6) is 5.75 Å². The maximum atomic E-state index is 11.4. The highest BCUT2D eigenvalue weighted by Gasteiger charge is 2.23. The number of amides is 1. The SMILES string of the molecule is Cc1cc(C)c2c(c1)OCC(=O)N2C. The van der Waals surface area contributed by atoms with E-state index >= 15 is 0 Å². The fraction of sp³-hybridized carbons (Fsp3) is 0.364. The summed E-state index contributed by atoms with van der Waals surface area (Å²) in [6.07, 6.45) is 0. The number of benzene rings is 1. The van der Waals surface area contributed by atoms with Gasteiger partial charge >= 0.3 is 0 Å². The van der Waals surface area contributed by atoms with Crippen molar-refractivity contribution in [3.05, 3.63) is 23.3 Å². The summed E-state index contributed by atoms with van der Waals surface area (Å²) in [5, 5.41) is 0. The summed E-state index contributed by atoms with van der Waals surface area (Å²) < 4.78 is 5.38. The summed E-state index contributed by atoms with van der Waals surface area (Å²) in [5.41, 5.74) is 3.13. The number of carbonyl (C=O) groups is 1. The Hall–Kier alpha value is -1.51. The number of anilines is 1. The number of fused-ring (bicyclic) bond motifs is 1. The highest BCUT2D eigenvalue weighted by atomic mass is 16.5. The van der Waals surface area contributed by atoms with Gasteiger partial charge in [0.15, 0.2) is 6.61 Å². The quantitative estimate of drug-likeness (QED) is 0.624. The molecule has 74 valence electrons. The third-order valence-corrected chi connectivity index (χ3v) is 2.47. The van der Waals surface area contributed by atoms with Gasteiger partial charge < -0.3 is 9.64 Å². The van der Waals surface area contributed by atoms with Crippen LogP contribution in [0.1, 0.15) is 11.1 Å². The lowest BCUT2D eigenvalue weighted by molar-refractivity contribution is -0.121. The van der Waals surface area contributed by atoms with Crippen molar-refractivity contribution >= 4 is 11.6 Å². The highest BCUT2D eigenvalue weighted by molar-refractivity contribution is 5.98. The van der Waals surface area contributed by atoms with E-state index in [1.807, 2.05) is 19.9 Å². The Morgan fingerprint density at radius 1 is 1.36 bits per heavy atom. The summed E-state index contributed by atoms with van der Waals surface area (Å²) in [5.74, 6) is 0.814. The van der Waals surface area contributed by atoms with Crippen LogP contribution in [0.2, 0.25) is 0 Å². The van der Waals surface area contributed by atoms with Crippen LogP contribution in [0, 0.1) is 13.8 Å². The Morgan fingerprint density at radius 3 is 2.79 bits per heavy atom. The minimum Gasteiger partial charge on any atom is -0.482 e. The molecule has 14 heavy (non-hydrogen) atoms. The Bertz CT molecular complexity index is 399. The fourth-order valence-electron chi connectivity index (χ4n) is 1.82. The molecule has 1 aromatic rings. The first kappa shape index (κ1) is 9.06. The first-order chi connectivity index (χ1) is 6.59. The average molecular weight is 191 g/mol. The molecule has 0 fully saturated rings. The van der Waals surface area contributed by atoms with Crippen LogP contribution in [0.4, 0.5) is 5.69 Å². The second-order valence-corrected chi connectivity index (χ2v) is 3.67. The van der Waals surface area contributed by atoms with Crippen molar-refractivity contribution in [1.82, 2.24) is 0 Å². The van der Waals surface area contributed by atoms with Crippen molar-refractivity contribution in [2.45, 2.75) is 13.8 Å². The molecule has 0 saturated carbocycles. The molecule has 0 spiro atoms. The highest BCUT2D eigenvalue weighted by Crippen LogP contribution is 2.35. The molecule has 0 unspecified atom stereocenters. The molecule has 0 saturated heterocycles. The molecule has 0 aliphatic carbocycles. The zero-order chi connectivity index (χ0) is 10.3. The molecule has 0 aromatic heterocycles. The summed E-state index contributed by atoms with van der Waals surface area (Å²) in [6.45, 7) is 4.16. The second-order valence-electron chi connectivity index (χ2n) is 3.67. The normalized spacial score (nSPS) is 15.1. The van der Waals surface area contributed by atoms with E-state index in [9.17, 15) is 4.79 Å². The lowest BCUT2D eigenvalue weighted by atomic mass is 10.1. The lowest BCUT2D eigenvalue weighted by Gasteiger charge is -2.27. The molecular weight excluding hydrogens is 178 g/mol. The van der Waals surface area contributed by atoms with Gasteiger partial charge in [-0.1, -0.05) is 6.07 Å². The predicted molar refractivity (Wildman–Crippen MR) is 54.8 cm³/mol. The van der Waals surface area contributed by atoms with E-state index in [1.165, 1.54) is 0 Å². The van der Waals surface area contributed by atoms with Gasteiger partial charge in [0.05, 0.1) is 5.69 Å². The van der Waals surface area contributed by atoms with Crippen molar-refractivity contribution < 1.29 is 9.53 Å². The van der Waals surface area contributed by atoms with Gasteiger partial charge in [0, 0.05) is 7.05 Å². The van der Waals surface area contributed by atoms with Crippen LogP contribution in [-0.4, -0.2) is 19.6 Å². The largest absolute Gasteiger partial charge is 0.482 e. The molecule has 2 rings (SSSR count). The standard InChI is InChI=1S/C11H13NO2/c1-7-4-8(2)11-9(5-7)14-6-10(13)12(11)3/h4-5H,6H2,1-3H3. The van der Waals surface area contributed by atoms with Crippen LogP contribution in [0.3, 0.4) is 0 Å². The van der Waals surface area contributed by atoms with Gasteiger partial charge in [-0.15, -0.1) is 0 Å². The number of nitrogens with zero attached hydrogens (tertiary/aromatic N) is 1. The van der Waals surface area contributed by atoms with Crippen LogP contribution in [0.15, 0.2) is 12.1 Å². The lowest BCUT2D eigenvalue weighted by Crippen LogP contribution is -2.36. The van der Waals surface area contributed by atoms with Crippen molar-refractivity contribution in [1.29, 1.82) is 0 Å². The summed E-state index contributed by atoms with van der Waals surface area (Å²) in [6, 6.07) is 4.02. The molecule has 0 atom stereocenters. The van der Waals surface area contributed by atoms with Crippen LogP contribution >= 0.6 is 0 Å². The molecule has 1 heterocycles. The van der Waals surface area contributed by atoms with E-state index in [-0.39, 0.29) is 12.5 Å². The van der Waals surface area contributed by atoms with Crippen molar-refractivity contribution in [2.24, 2.45) is 0 Å². The molecule has 0 radical (unpaired) electrons. The number of rotatable bonds is 0.